The van der Waals surface area contributed by atoms with E-state index in [0.717, 1.165) is 28.5 Å². The molecule has 2 aromatic carbocycles. The molecule has 1 saturated heterocycles. The standard InChI is InChI=1S/C28H28N4OS/c1-19(2)33-23-15-13-22(14-16-23)32-27(26(30-28(32)34)24-11-7-8-18-29-24)25-17-12-20(3)31(25)21-9-5-4-6-10-21/h4-19,26-27H,1-3H3,(H,30,34). The molecular weight excluding hydrogens is 440 g/mol. The zero-order valence-corrected chi connectivity index (χ0v) is 20.4. The molecule has 6 heteroatoms. The summed E-state index contributed by atoms with van der Waals surface area (Å²) in [6, 6.07) is 28.8. The van der Waals surface area contributed by atoms with E-state index < -0.39 is 0 Å². The number of para-hydroxylation sites is 1. The fourth-order valence-electron chi connectivity index (χ4n) is 4.61. The first-order chi connectivity index (χ1) is 16.5. The van der Waals surface area contributed by atoms with E-state index in [0.29, 0.717) is 5.11 Å². The fourth-order valence-corrected chi connectivity index (χ4v) is 4.96. The molecule has 5 rings (SSSR count). The van der Waals surface area contributed by atoms with Gasteiger partial charge >= 0.3 is 0 Å². The van der Waals surface area contributed by atoms with Crippen molar-refractivity contribution in [3.8, 4) is 11.4 Å². The minimum Gasteiger partial charge on any atom is -0.491 e. The van der Waals surface area contributed by atoms with Gasteiger partial charge in [-0.25, -0.2) is 0 Å². The zero-order chi connectivity index (χ0) is 23.7. The molecule has 0 radical (unpaired) electrons. The number of nitrogens with one attached hydrogen (secondary N) is 1. The second-order valence-corrected chi connectivity index (χ2v) is 9.11. The smallest absolute Gasteiger partial charge is 0.174 e. The third-order valence-corrected chi connectivity index (χ3v) is 6.32. The lowest BCUT2D eigenvalue weighted by Crippen LogP contribution is -2.30. The van der Waals surface area contributed by atoms with E-state index in [1.807, 2.05) is 50.4 Å². The van der Waals surface area contributed by atoms with Crippen molar-refractivity contribution in [2.24, 2.45) is 0 Å². The summed E-state index contributed by atoms with van der Waals surface area (Å²) in [6.07, 6.45) is 1.96. The van der Waals surface area contributed by atoms with E-state index in [1.54, 1.807) is 0 Å². The van der Waals surface area contributed by atoms with Crippen LogP contribution in [0.3, 0.4) is 0 Å². The summed E-state index contributed by atoms with van der Waals surface area (Å²) in [4.78, 5) is 6.87. The Bertz CT molecular complexity index is 1270. The van der Waals surface area contributed by atoms with Crippen LogP contribution in [-0.2, 0) is 0 Å². The Hall–Kier alpha value is -3.64. The molecule has 172 valence electrons. The molecule has 0 saturated carbocycles. The molecular formula is C28H28N4OS. The van der Waals surface area contributed by atoms with Gasteiger partial charge in [0.05, 0.1) is 17.8 Å². The highest BCUT2D eigenvalue weighted by atomic mass is 32.1. The lowest BCUT2D eigenvalue weighted by molar-refractivity contribution is 0.242. The van der Waals surface area contributed by atoms with Crippen molar-refractivity contribution in [1.29, 1.82) is 0 Å². The number of aromatic nitrogens is 2. The molecule has 0 bridgehead atoms. The van der Waals surface area contributed by atoms with Gasteiger partial charge in [0, 0.05) is 29.0 Å². The van der Waals surface area contributed by atoms with Gasteiger partial charge in [-0.05, 0) is 93.7 Å². The molecule has 2 unspecified atom stereocenters. The molecule has 1 N–H and O–H groups in total. The van der Waals surface area contributed by atoms with Crippen LogP contribution in [0, 0.1) is 6.92 Å². The van der Waals surface area contributed by atoms with Gasteiger partial charge in [-0.3, -0.25) is 4.98 Å². The normalized spacial score (nSPS) is 17.8. The molecule has 4 aromatic rings. The highest BCUT2D eigenvalue weighted by molar-refractivity contribution is 7.80. The summed E-state index contributed by atoms with van der Waals surface area (Å²) < 4.78 is 8.16. The SMILES string of the molecule is Cc1ccc(C2C(c3ccccn3)NC(=S)N2c2ccc(OC(C)C)cc2)n1-c1ccccc1. The Balaban J connectivity index is 1.63. The molecule has 3 heterocycles. The third kappa shape index (κ3) is 4.17. The van der Waals surface area contributed by atoms with Crippen LogP contribution in [0.5, 0.6) is 5.75 Å². The van der Waals surface area contributed by atoms with Crippen molar-refractivity contribution in [2.75, 3.05) is 4.90 Å². The van der Waals surface area contributed by atoms with Crippen LogP contribution < -0.4 is 15.0 Å². The second kappa shape index (κ2) is 9.31. The molecule has 34 heavy (non-hydrogen) atoms. The van der Waals surface area contributed by atoms with Crippen LogP contribution in [0.25, 0.3) is 5.69 Å². The van der Waals surface area contributed by atoms with Gasteiger partial charge in [0.15, 0.2) is 5.11 Å². The largest absolute Gasteiger partial charge is 0.491 e. The number of benzene rings is 2. The minimum atomic E-state index is -0.1000. The number of thiocarbonyl (C=S) groups is 1. The summed E-state index contributed by atoms with van der Waals surface area (Å²) in [6.45, 7) is 6.19. The van der Waals surface area contributed by atoms with Gasteiger partial charge in [-0.1, -0.05) is 24.3 Å². The van der Waals surface area contributed by atoms with Gasteiger partial charge in [0.1, 0.15) is 11.8 Å². The highest BCUT2D eigenvalue weighted by Crippen LogP contribution is 2.43. The molecule has 0 spiro atoms. The lowest BCUT2D eigenvalue weighted by atomic mass is 10.0. The lowest BCUT2D eigenvalue weighted by Gasteiger charge is -2.29. The first kappa shape index (κ1) is 22.2. The van der Waals surface area contributed by atoms with Crippen LogP contribution in [0.1, 0.15) is 43.0 Å². The summed E-state index contributed by atoms with van der Waals surface area (Å²) in [7, 11) is 0. The number of anilines is 1. The summed E-state index contributed by atoms with van der Waals surface area (Å²) in [5.41, 5.74) is 5.40. The molecule has 0 amide bonds. The van der Waals surface area contributed by atoms with Crippen molar-refractivity contribution >= 4 is 23.0 Å². The summed E-state index contributed by atoms with van der Waals surface area (Å²) in [5, 5.41) is 4.23. The van der Waals surface area contributed by atoms with Crippen molar-refractivity contribution < 1.29 is 4.74 Å². The van der Waals surface area contributed by atoms with E-state index in [4.69, 9.17) is 17.0 Å². The van der Waals surface area contributed by atoms with Gasteiger partial charge in [-0.15, -0.1) is 0 Å². The minimum absolute atomic E-state index is 0.0897. The second-order valence-electron chi connectivity index (χ2n) is 8.73. The molecule has 0 aliphatic carbocycles. The van der Waals surface area contributed by atoms with E-state index in [1.165, 1.54) is 5.69 Å². The Morgan fingerprint density at radius 2 is 1.62 bits per heavy atom. The number of hydrogen-bond acceptors (Lipinski definition) is 3. The van der Waals surface area contributed by atoms with Crippen LogP contribution in [-0.4, -0.2) is 20.8 Å². The number of nitrogens with zero attached hydrogens (tertiary/aromatic N) is 3. The van der Waals surface area contributed by atoms with E-state index >= 15 is 0 Å². The highest BCUT2D eigenvalue weighted by Gasteiger charge is 2.42. The Labute approximate surface area is 206 Å². The fraction of sp³-hybridized carbons (Fsp3) is 0.214. The predicted molar refractivity (Wildman–Crippen MR) is 141 cm³/mol. The van der Waals surface area contributed by atoms with Gasteiger partial charge in [0.25, 0.3) is 0 Å². The number of ether oxygens (including phenoxy) is 1. The molecule has 2 atom stereocenters. The van der Waals surface area contributed by atoms with Crippen LogP contribution in [0.4, 0.5) is 5.69 Å². The maximum absolute atomic E-state index is 5.89. The average Bonchev–Trinajstić information content (AvgIpc) is 3.39. The summed E-state index contributed by atoms with van der Waals surface area (Å²) in [5.74, 6) is 0.846. The summed E-state index contributed by atoms with van der Waals surface area (Å²) >= 11 is 5.89. The van der Waals surface area contributed by atoms with Crippen molar-refractivity contribution in [3.63, 3.8) is 0 Å². The third-order valence-electron chi connectivity index (χ3n) is 6.01. The first-order valence-electron chi connectivity index (χ1n) is 11.5. The monoisotopic (exact) mass is 468 g/mol. The topological polar surface area (TPSA) is 42.3 Å². The molecule has 5 nitrogen and oxygen atoms in total. The van der Waals surface area contributed by atoms with Gasteiger partial charge < -0.3 is 19.5 Å². The average molecular weight is 469 g/mol. The Morgan fingerprint density at radius 3 is 2.29 bits per heavy atom. The first-order valence-corrected chi connectivity index (χ1v) is 11.9. The van der Waals surface area contributed by atoms with Crippen molar-refractivity contribution in [1.82, 2.24) is 14.9 Å². The predicted octanol–water partition coefficient (Wildman–Crippen LogP) is 6.15. The Morgan fingerprint density at radius 1 is 0.882 bits per heavy atom. The van der Waals surface area contributed by atoms with Crippen LogP contribution >= 0.6 is 12.2 Å². The van der Waals surface area contributed by atoms with Crippen molar-refractivity contribution in [3.05, 3.63) is 108 Å². The van der Waals surface area contributed by atoms with E-state index in [9.17, 15) is 0 Å². The van der Waals surface area contributed by atoms with E-state index in [2.05, 4.69) is 81.3 Å². The van der Waals surface area contributed by atoms with Crippen LogP contribution in [0.2, 0.25) is 0 Å². The number of rotatable bonds is 6. The zero-order valence-electron chi connectivity index (χ0n) is 19.6. The molecule has 1 aliphatic rings. The molecule has 1 aliphatic heterocycles. The van der Waals surface area contributed by atoms with E-state index in [-0.39, 0.29) is 18.2 Å². The maximum atomic E-state index is 5.89. The maximum Gasteiger partial charge on any atom is 0.174 e. The quantitative estimate of drug-likeness (QED) is 0.344. The molecule has 1 fully saturated rings. The number of hydrogen-bond donors (Lipinski definition) is 1. The molecule has 2 aromatic heterocycles. The van der Waals surface area contributed by atoms with Gasteiger partial charge in [-0.2, -0.15) is 0 Å². The van der Waals surface area contributed by atoms with Crippen molar-refractivity contribution in [2.45, 2.75) is 39.0 Å². The number of aryl methyl sites for hydroxylation is 1. The van der Waals surface area contributed by atoms with Crippen LogP contribution in [0.15, 0.2) is 91.1 Å². The number of pyridine rings is 1. The Kier molecular flexibility index (Phi) is 6.07. The van der Waals surface area contributed by atoms with Gasteiger partial charge in [0.2, 0.25) is 0 Å².